The van der Waals surface area contributed by atoms with Gasteiger partial charge in [0, 0.05) is 43.9 Å². The van der Waals surface area contributed by atoms with Gasteiger partial charge in [-0.3, -0.25) is 14.4 Å². The zero-order valence-corrected chi connectivity index (χ0v) is 19.3. The van der Waals surface area contributed by atoms with Crippen LogP contribution in [0.3, 0.4) is 0 Å². The third kappa shape index (κ3) is 5.81. The monoisotopic (exact) mass is 448 g/mol. The average Bonchev–Trinajstić information content (AvgIpc) is 2.87. The third-order valence-corrected chi connectivity index (χ3v) is 6.60. The van der Waals surface area contributed by atoms with Crippen LogP contribution < -0.4 is 4.90 Å². The summed E-state index contributed by atoms with van der Waals surface area (Å²) in [7, 11) is 0. The molecule has 0 bridgehead atoms. The zero-order chi connectivity index (χ0) is 23.2. The average molecular weight is 449 g/mol. The first-order valence-electron chi connectivity index (χ1n) is 11.9. The fraction of sp³-hybridized carbons (Fsp3) is 0.444. The summed E-state index contributed by atoms with van der Waals surface area (Å²) in [4.78, 5) is 41.6. The normalized spacial score (nSPS) is 16.6. The molecule has 0 saturated carbocycles. The van der Waals surface area contributed by atoms with Gasteiger partial charge in [-0.1, -0.05) is 30.3 Å². The van der Waals surface area contributed by atoms with Crippen molar-refractivity contribution in [1.29, 1.82) is 0 Å². The van der Waals surface area contributed by atoms with E-state index in [1.165, 1.54) is 17.5 Å². The maximum Gasteiger partial charge on any atom is 0.307 e. The smallest absolute Gasteiger partial charge is 0.307 e. The molecule has 174 valence electrons. The molecule has 1 aliphatic carbocycles. The number of amides is 1. The van der Waals surface area contributed by atoms with Crippen LogP contribution in [0.5, 0.6) is 0 Å². The maximum absolute atomic E-state index is 12.7. The molecule has 0 aromatic heterocycles. The van der Waals surface area contributed by atoms with Crippen LogP contribution in [0.25, 0.3) is 0 Å². The summed E-state index contributed by atoms with van der Waals surface area (Å²) in [5.74, 6) is -0.751. The molecule has 1 amide bonds. The minimum Gasteiger partial charge on any atom is -0.453 e. The summed E-state index contributed by atoms with van der Waals surface area (Å²) >= 11 is 0. The number of para-hydroxylation sites is 1. The summed E-state index contributed by atoms with van der Waals surface area (Å²) in [6.07, 6.45) is 3.67. The Kier molecular flexibility index (Phi) is 7.43. The molecular weight excluding hydrogens is 416 g/mol. The van der Waals surface area contributed by atoms with Gasteiger partial charge in [0.25, 0.3) is 5.91 Å². The molecule has 1 atom stereocenters. The SMILES string of the molecule is CC(OC(=O)CCC(=O)c1ccc2c(c1)CCCC2)C(=O)N1CCN(c2ccccc2)CC1. The van der Waals surface area contributed by atoms with Crippen LogP contribution in [0.2, 0.25) is 0 Å². The van der Waals surface area contributed by atoms with Gasteiger partial charge in [0.2, 0.25) is 0 Å². The van der Waals surface area contributed by atoms with Gasteiger partial charge in [-0.25, -0.2) is 0 Å². The largest absolute Gasteiger partial charge is 0.453 e. The van der Waals surface area contributed by atoms with Crippen LogP contribution in [0.15, 0.2) is 48.5 Å². The van der Waals surface area contributed by atoms with E-state index in [1.807, 2.05) is 36.4 Å². The van der Waals surface area contributed by atoms with E-state index in [0.29, 0.717) is 18.7 Å². The molecule has 0 N–H and O–H groups in total. The van der Waals surface area contributed by atoms with E-state index in [2.05, 4.69) is 17.0 Å². The first-order valence-corrected chi connectivity index (χ1v) is 11.9. The van der Waals surface area contributed by atoms with Gasteiger partial charge in [0.15, 0.2) is 11.9 Å². The first kappa shape index (κ1) is 23.0. The molecule has 1 unspecified atom stereocenters. The van der Waals surface area contributed by atoms with Crippen LogP contribution in [0.1, 0.15) is 54.1 Å². The van der Waals surface area contributed by atoms with Crippen LogP contribution in [0, 0.1) is 0 Å². The Morgan fingerprint density at radius 3 is 2.30 bits per heavy atom. The summed E-state index contributed by atoms with van der Waals surface area (Å²) < 4.78 is 5.36. The molecule has 0 radical (unpaired) electrons. The Hall–Kier alpha value is -3.15. The van der Waals surface area contributed by atoms with Crippen molar-refractivity contribution in [3.8, 4) is 0 Å². The molecule has 6 nitrogen and oxygen atoms in total. The lowest BCUT2D eigenvalue weighted by Crippen LogP contribution is -2.51. The van der Waals surface area contributed by atoms with Crippen LogP contribution in [-0.4, -0.2) is 54.8 Å². The van der Waals surface area contributed by atoms with Gasteiger partial charge in [0.1, 0.15) is 0 Å². The predicted molar refractivity (Wildman–Crippen MR) is 127 cm³/mol. The number of esters is 1. The number of ether oxygens (including phenoxy) is 1. The van der Waals surface area contributed by atoms with Crippen molar-refractivity contribution in [3.63, 3.8) is 0 Å². The number of anilines is 1. The zero-order valence-electron chi connectivity index (χ0n) is 19.3. The molecular formula is C27H32N2O4. The second kappa shape index (κ2) is 10.6. The molecule has 6 heteroatoms. The van der Waals surface area contributed by atoms with Crippen LogP contribution in [-0.2, 0) is 27.2 Å². The van der Waals surface area contributed by atoms with E-state index >= 15 is 0 Å². The molecule has 2 aromatic rings. The second-order valence-electron chi connectivity index (χ2n) is 8.89. The third-order valence-electron chi connectivity index (χ3n) is 6.60. The highest BCUT2D eigenvalue weighted by atomic mass is 16.5. The molecule has 4 rings (SSSR count). The topological polar surface area (TPSA) is 66.9 Å². The standard InChI is InChI=1S/C27H32N2O4/c1-20(27(32)29-17-15-28(16-18-29)24-9-3-2-4-10-24)33-26(31)14-13-25(30)23-12-11-21-7-5-6-8-22(21)19-23/h2-4,9-12,19-20H,5-8,13-18H2,1H3. The second-order valence-corrected chi connectivity index (χ2v) is 8.89. The van der Waals surface area contributed by atoms with Crippen molar-refractivity contribution < 1.29 is 19.1 Å². The van der Waals surface area contributed by atoms with Gasteiger partial charge in [-0.15, -0.1) is 0 Å². The molecule has 2 aromatic carbocycles. The number of benzene rings is 2. The molecule has 1 fully saturated rings. The maximum atomic E-state index is 12.7. The Morgan fingerprint density at radius 2 is 1.58 bits per heavy atom. The highest BCUT2D eigenvalue weighted by Gasteiger charge is 2.27. The molecule has 2 aliphatic rings. The summed E-state index contributed by atoms with van der Waals surface area (Å²) in [5, 5.41) is 0. The van der Waals surface area contributed by atoms with Crippen molar-refractivity contribution in [3.05, 3.63) is 65.2 Å². The van der Waals surface area contributed by atoms with Gasteiger partial charge >= 0.3 is 5.97 Å². The van der Waals surface area contributed by atoms with Gasteiger partial charge in [-0.05, 0) is 61.9 Å². The molecule has 1 heterocycles. The van der Waals surface area contributed by atoms with E-state index in [-0.39, 0.29) is 24.5 Å². The number of ketones is 1. The lowest BCUT2D eigenvalue weighted by Gasteiger charge is -2.37. The lowest BCUT2D eigenvalue weighted by atomic mass is 9.89. The Bertz CT molecular complexity index is 996. The number of fused-ring (bicyclic) bond motifs is 1. The Balaban J connectivity index is 1.21. The number of rotatable bonds is 7. The van der Waals surface area contributed by atoms with E-state index in [0.717, 1.165) is 38.0 Å². The van der Waals surface area contributed by atoms with Gasteiger partial charge < -0.3 is 14.5 Å². The first-order chi connectivity index (χ1) is 16.0. The predicted octanol–water partition coefficient (Wildman–Crippen LogP) is 3.81. The fourth-order valence-electron chi connectivity index (χ4n) is 4.65. The number of hydrogen-bond acceptors (Lipinski definition) is 5. The molecule has 0 spiro atoms. The van der Waals surface area contributed by atoms with Gasteiger partial charge in [-0.2, -0.15) is 0 Å². The van der Waals surface area contributed by atoms with Crippen molar-refractivity contribution in [2.75, 3.05) is 31.1 Å². The van der Waals surface area contributed by atoms with E-state index in [1.54, 1.807) is 11.8 Å². The molecule has 1 aliphatic heterocycles. The minimum atomic E-state index is -0.848. The van der Waals surface area contributed by atoms with E-state index in [4.69, 9.17) is 4.74 Å². The lowest BCUT2D eigenvalue weighted by molar-refractivity contribution is -0.159. The fourth-order valence-corrected chi connectivity index (χ4v) is 4.65. The molecule has 1 saturated heterocycles. The van der Waals surface area contributed by atoms with Crippen LogP contribution in [0.4, 0.5) is 5.69 Å². The van der Waals surface area contributed by atoms with E-state index in [9.17, 15) is 14.4 Å². The Morgan fingerprint density at radius 1 is 0.879 bits per heavy atom. The van der Waals surface area contributed by atoms with Crippen molar-refractivity contribution >= 4 is 23.3 Å². The van der Waals surface area contributed by atoms with Crippen molar-refractivity contribution in [2.45, 2.75) is 51.6 Å². The van der Waals surface area contributed by atoms with Crippen molar-refractivity contribution in [1.82, 2.24) is 4.90 Å². The number of carbonyl (C=O) groups is 3. The summed E-state index contributed by atoms with van der Waals surface area (Å²) in [5.41, 5.74) is 4.38. The number of carbonyl (C=O) groups excluding carboxylic acids is 3. The van der Waals surface area contributed by atoms with Crippen molar-refractivity contribution in [2.24, 2.45) is 0 Å². The summed E-state index contributed by atoms with van der Waals surface area (Å²) in [6, 6.07) is 16.0. The highest BCUT2D eigenvalue weighted by Crippen LogP contribution is 2.23. The number of piperazine rings is 1. The summed E-state index contributed by atoms with van der Waals surface area (Å²) in [6.45, 7) is 4.27. The number of hydrogen-bond donors (Lipinski definition) is 0. The number of nitrogens with zero attached hydrogens (tertiary/aromatic N) is 2. The highest BCUT2D eigenvalue weighted by molar-refractivity contribution is 5.98. The van der Waals surface area contributed by atoms with Crippen LogP contribution >= 0.6 is 0 Å². The minimum absolute atomic E-state index is 0.0185. The number of Topliss-reactive ketones (excluding diaryl/α,β-unsaturated/α-hetero) is 1. The molecule has 33 heavy (non-hydrogen) atoms. The van der Waals surface area contributed by atoms with Gasteiger partial charge in [0.05, 0.1) is 6.42 Å². The quantitative estimate of drug-likeness (QED) is 0.476. The number of aryl methyl sites for hydroxylation is 2. The Labute approximate surface area is 195 Å². The van der Waals surface area contributed by atoms with E-state index < -0.39 is 12.1 Å².